The van der Waals surface area contributed by atoms with Crippen LogP contribution in [-0.2, 0) is 17.9 Å². The zero-order chi connectivity index (χ0) is 21.7. The lowest BCUT2D eigenvalue weighted by Crippen LogP contribution is -2.35. The fourth-order valence-electron chi connectivity index (χ4n) is 3.01. The first-order valence-corrected chi connectivity index (χ1v) is 9.18. The third-order valence-electron chi connectivity index (χ3n) is 4.54. The molecule has 0 fully saturated rings. The Morgan fingerprint density at radius 3 is 2.40 bits per heavy atom. The van der Waals surface area contributed by atoms with Crippen LogP contribution in [0, 0.1) is 0 Å². The zero-order valence-corrected chi connectivity index (χ0v) is 16.9. The number of benzene rings is 2. The summed E-state index contributed by atoms with van der Waals surface area (Å²) in [5.41, 5.74) is 0.436. The van der Waals surface area contributed by atoms with Gasteiger partial charge in [0.2, 0.25) is 5.91 Å². The van der Waals surface area contributed by atoms with Gasteiger partial charge < -0.3 is 20.1 Å². The first-order chi connectivity index (χ1) is 14.5. The van der Waals surface area contributed by atoms with Gasteiger partial charge in [-0.2, -0.15) is 5.10 Å². The molecule has 1 aromatic heterocycles. The molecule has 2 amide bonds. The molecule has 0 unspecified atom stereocenters. The van der Waals surface area contributed by atoms with Gasteiger partial charge in [0.05, 0.1) is 19.6 Å². The van der Waals surface area contributed by atoms with E-state index in [-0.39, 0.29) is 18.8 Å². The molecule has 3 rings (SSSR count). The van der Waals surface area contributed by atoms with E-state index < -0.39 is 17.4 Å². The Hall–Kier alpha value is -3.88. The normalized spacial score (nSPS) is 10.5. The van der Waals surface area contributed by atoms with Crippen LogP contribution in [0.15, 0.2) is 47.3 Å². The monoisotopic (exact) mass is 410 g/mol. The molecule has 0 saturated heterocycles. The van der Waals surface area contributed by atoms with Crippen LogP contribution in [0.25, 0.3) is 10.8 Å². The molecule has 0 atom stereocenters. The summed E-state index contributed by atoms with van der Waals surface area (Å²) in [6, 6.07) is 12.0. The number of aromatic nitrogens is 2. The quantitative estimate of drug-likeness (QED) is 0.603. The molecule has 156 valence electrons. The van der Waals surface area contributed by atoms with Crippen LogP contribution in [0.2, 0.25) is 0 Å². The molecule has 2 aromatic carbocycles. The number of fused-ring (bicyclic) bond motifs is 1. The standard InChI is InChI=1S/C21H22N4O5/c1-22-20(27)19-14-6-4-5-7-15(14)21(28)25(24-19)12-18(26)23-11-13-8-9-16(29-2)17(10-13)30-3/h4-10H,11-12H2,1-3H3,(H,22,27)(H,23,26). The first-order valence-electron chi connectivity index (χ1n) is 9.18. The van der Waals surface area contributed by atoms with Gasteiger partial charge in [0.1, 0.15) is 6.54 Å². The van der Waals surface area contributed by atoms with Gasteiger partial charge >= 0.3 is 0 Å². The van der Waals surface area contributed by atoms with Gasteiger partial charge in [0.25, 0.3) is 11.5 Å². The second-order valence-corrected chi connectivity index (χ2v) is 6.40. The predicted octanol–water partition coefficient (Wildman–Crippen LogP) is 1.09. The maximum atomic E-state index is 12.7. The first kappa shape index (κ1) is 20.8. The summed E-state index contributed by atoms with van der Waals surface area (Å²) in [5, 5.41) is 10.1. The number of methoxy groups -OCH3 is 2. The van der Waals surface area contributed by atoms with Gasteiger partial charge in [-0.25, -0.2) is 4.68 Å². The van der Waals surface area contributed by atoms with E-state index in [1.54, 1.807) is 49.6 Å². The number of nitrogens with zero attached hydrogens (tertiary/aromatic N) is 2. The van der Waals surface area contributed by atoms with E-state index in [1.165, 1.54) is 14.2 Å². The summed E-state index contributed by atoms with van der Waals surface area (Å²) in [4.78, 5) is 37.3. The number of ether oxygens (including phenoxy) is 2. The molecule has 0 bridgehead atoms. The van der Waals surface area contributed by atoms with Crippen LogP contribution in [0.3, 0.4) is 0 Å². The Balaban J connectivity index is 1.81. The molecule has 0 radical (unpaired) electrons. The summed E-state index contributed by atoms with van der Waals surface area (Å²) in [5.74, 6) is 0.274. The molecule has 2 N–H and O–H groups in total. The van der Waals surface area contributed by atoms with Crippen molar-refractivity contribution in [1.29, 1.82) is 0 Å². The third kappa shape index (κ3) is 4.24. The van der Waals surface area contributed by atoms with Crippen molar-refractivity contribution < 1.29 is 19.1 Å². The fraction of sp³-hybridized carbons (Fsp3) is 0.238. The van der Waals surface area contributed by atoms with Crippen LogP contribution in [0.5, 0.6) is 11.5 Å². The molecule has 9 heteroatoms. The highest BCUT2D eigenvalue weighted by Gasteiger charge is 2.17. The minimum absolute atomic E-state index is 0.0837. The zero-order valence-electron chi connectivity index (χ0n) is 16.9. The number of amides is 2. The van der Waals surface area contributed by atoms with Crippen LogP contribution < -0.4 is 25.7 Å². The number of rotatable bonds is 7. The van der Waals surface area contributed by atoms with Crippen LogP contribution >= 0.6 is 0 Å². The van der Waals surface area contributed by atoms with E-state index in [0.29, 0.717) is 22.3 Å². The largest absolute Gasteiger partial charge is 0.493 e. The Bertz CT molecular complexity index is 1160. The van der Waals surface area contributed by atoms with Gasteiger partial charge in [-0.15, -0.1) is 0 Å². The molecule has 3 aromatic rings. The number of carbonyl (C=O) groups excluding carboxylic acids is 2. The van der Waals surface area contributed by atoms with Gasteiger partial charge in [-0.3, -0.25) is 14.4 Å². The maximum absolute atomic E-state index is 12.7. The number of nitrogens with one attached hydrogen (secondary N) is 2. The highest BCUT2D eigenvalue weighted by Crippen LogP contribution is 2.27. The minimum atomic E-state index is -0.445. The average molecular weight is 410 g/mol. The highest BCUT2D eigenvalue weighted by molar-refractivity contribution is 6.04. The second kappa shape index (κ2) is 9.08. The van der Waals surface area contributed by atoms with Crippen molar-refractivity contribution in [3.05, 3.63) is 64.1 Å². The molecular formula is C21H22N4O5. The molecule has 0 aliphatic carbocycles. The highest BCUT2D eigenvalue weighted by atomic mass is 16.5. The minimum Gasteiger partial charge on any atom is -0.493 e. The Morgan fingerprint density at radius 2 is 1.73 bits per heavy atom. The summed E-state index contributed by atoms with van der Waals surface area (Å²) in [6.07, 6.45) is 0. The molecule has 0 aliphatic heterocycles. The van der Waals surface area contributed by atoms with Crippen molar-refractivity contribution in [2.45, 2.75) is 13.1 Å². The fourth-order valence-corrected chi connectivity index (χ4v) is 3.01. The number of hydrogen-bond donors (Lipinski definition) is 2. The summed E-state index contributed by atoms with van der Waals surface area (Å²) in [6.45, 7) is -0.0925. The van der Waals surface area contributed by atoms with Crippen LogP contribution in [-0.4, -0.2) is 42.9 Å². The van der Waals surface area contributed by atoms with Crippen molar-refractivity contribution in [3.63, 3.8) is 0 Å². The van der Waals surface area contributed by atoms with E-state index >= 15 is 0 Å². The lowest BCUT2D eigenvalue weighted by atomic mass is 10.1. The lowest BCUT2D eigenvalue weighted by molar-refractivity contribution is -0.122. The molecule has 9 nitrogen and oxygen atoms in total. The van der Waals surface area contributed by atoms with E-state index in [2.05, 4.69) is 15.7 Å². The summed E-state index contributed by atoms with van der Waals surface area (Å²) < 4.78 is 11.4. The SMILES string of the molecule is CNC(=O)c1nn(CC(=O)NCc2ccc(OC)c(OC)c2)c(=O)c2ccccc12. The molecular weight excluding hydrogens is 388 g/mol. The summed E-state index contributed by atoms with van der Waals surface area (Å²) in [7, 11) is 4.55. The van der Waals surface area contributed by atoms with Crippen molar-refractivity contribution in [2.24, 2.45) is 0 Å². The van der Waals surface area contributed by atoms with Crippen molar-refractivity contribution >= 4 is 22.6 Å². The van der Waals surface area contributed by atoms with Gasteiger partial charge in [-0.05, 0) is 23.8 Å². The summed E-state index contributed by atoms with van der Waals surface area (Å²) >= 11 is 0. The Kier molecular flexibility index (Phi) is 6.31. The molecule has 1 heterocycles. The van der Waals surface area contributed by atoms with Crippen molar-refractivity contribution in [1.82, 2.24) is 20.4 Å². The second-order valence-electron chi connectivity index (χ2n) is 6.40. The van der Waals surface area contributed by atoms with Crippen LogP contribution in [0.1, 0.15) is 16.1 Å². The van der Waals surface area contributed by atoms with Crippen molar-refractivity contribution in [3.8, 4) is 11.5 Å². The number of carbonyl (C=O) groups is 2. The molecule has 0 saturated carbocycles. The van der Waals surface area contributed by atoms with Crippen LogP contribution in [0.4, 0.5) is 0 Å². The van der Waals surface area contributed by atoms with Gasteiger partial charge in [-0.1, -0.05) is 24.3 Å². The average Bonchev–Trinajstić information content (AvgIpc) is 2.78. The van der Waals surface area contributed by atoms with E-state index in [9.17, 15) is 14.4 Å². The maximum Gasteiger partial charge on any atom is 0.275 e. The topological polar surface area (TPSA) is 112 Å². The molecule has 0 spiro atoms. The smallest absolute Gasteiger partial charge is 0.275 e. The Morgan fingerprint density at radius 1 is 1.03 bits per heavy atom. The predicted molar refractivity (Wildman–Crippen MR) is 111 cm³/mol. The van der Waals surface area contributed by atoms with E-state index in [1.807, 2.05) is 0 Å². The van der Waals surface area contributed by atoms with Gasteiger partial charge in [0.15, 0.2) is 17.2 Å². The lowest BCUT2D eigenvalue weighted by Gasteiger charge is -2.12. The van der Waals surface area contributed by atoms with Gasteiger partial charge in [0, 0.05) is 19.0 Å². The third-order valence-corrected chi connectivity index (χ3v) is 4.54. The molecule has 30 heavy (non-hydrogen) atoms. The van der Waals surface area contributed by atoms with E-state index in [4.69, 9.17) is 9.47 Å². The number of hydrogen-bond acceptors (Lipinski definition) is 6. The van der Waals surface area contributed by atoms with E-state index in [0.717, 1.165) is 10.2 Å². The Labute approximate surface area is 172 Å². The van der Waals surface area contributed by atoms with Crippen molar-refractivity contribution in [2.75, 3.05) is 21.3 Å². The molecule has 0 aliphatic rings.